The Hall–Kier alpha value is -1.99. The fourth-order valence-electron chi connectivity index (χ4n) is 1.30. The molecule has 0 saturated heterocycles. The minimum absolute atomic E-state index is 0.0545. The van der Waals surface area contributed by atoms with Crippen molar-refractivity contribution in [2.45, 2.75) is 13.3 Å². The molecule has 0 aliphatic rings. The first-order valence-corrected chi connectivity index (χ1v) is 6.34. The summed E-state index contributed by atoms with van der Waals surface area (Å²) in [7, 11) is 0. The highest BCUT2D eigenvalue weighted by molar-refractivity contribution is 6.29. The third kappa shape index (κ3) is 6.49. The molecule has 0 spiro atoms. The van der Waals surface area contributed by atoms with Crippen molar-refractivity contribution in [3.8, 4) is 11.8 Å². The molecule has 100 valence electrons. The Kier molecular flexibility index (Phi) is 6.48. The van der Waals surface area contributed by atoms with Crippen molar-refractivity contribution < 1.29 is 9.59 Å². The molecule has 0 aliphatic heterocycles. The third-order valence-corrected chi connectivity index (χ3v) is 2.39. The van der Waals surface area contributed by atoms with Gasteiger partial charge in [-0.05, 0) is 24.3 Å². The van der Waals surface area contributed by atoms with E-state index in [1.807, 2.05) is 12.1 Å². The lowest BCUT2D eigenvalue weighted by Gasteiger charge is -2.02. The molecule has 0 unspecified atom stereocenters. The van der Waals surface area contributed by atoms with Crippen LogP contribution >= 0.6 is 11.6 Å². The lowest BCUT2D eigenvalue weighted by molar-refractivity contribution is -0.119. The van der Waals surface area contributed by atoms with Gasteiger partial charge in [0, 0.05) is 31.1 Å². The molecule has 1 aromatic carbocycles. The number of amides is 2. The van der Waals surface area contributed by atoms with E-state index in [4.69, 9.17) is 11.6 Å². The van der Waals surface area contributed by atoms with Crippen molar-refractivity contribution in [2.24, 2.45) is 0 Å². The zero-order valence-corrected chi connectivity index (χ0v) is 11.4. The Labute approximate surface area is 117 Å². The quantitative estimate of drug-likeness (QED) is 0.501. The van der Waals surface area contributed by atoms with Gasteiger partial charge in [0.1, 0.15) is 5.88 Å². The summed E-state index contributed by atoms with van der Waals surface area (Å²) < 4.78 is 0. The smallest absolute Gasteiger partial charge is 0.239 e. The zero-order valence-electron chi connectivity index (χ0n) is 10.6. The summed E-state index contributed by atoms with van der Waals surface area (Å²) >= 11 is 5.39. The van der Waals surface area contributed by atoms with Crippen LogP contribution in [0.5, 0.6) is 0 Å². The standard InChI is InChI=1S/C14H15ClN2O2/c1-11(18)16-9-3-2-4-12-5-7-13(8-6-12)17-14(19)10-15/h5-8H,3,9-10H2,1H3,(H,16,18)(H,17,19). The van der Waals surface area contributed by atoms with Crippen LogP contribution in [0.15, 0.2) is 24.3 Å². The molecule has 19 heavy (non-hydrogen) atoms. The first-order chi connectivity index (χ1) is 9.11. The predicted octanol–water partition coefficient (Wildman–Crippen LogP) is 1.74. The van der Waals surface area contributed by atoms with Gasteiger partial charge in [0.15, 0.2) is 0 Å². The number of hydrogen-bond donors (Lipinski definition) is 2. The summed E-state index contributed by atoms with van der Waals surface area (Å²) in [6.07, 6.45) is 0.602. The molecule has 0 aliphatic carbocycles. The molecule has 0 radical (unpaired) electrons. The van der Waals surface area contributed by atoms with Gasteiger partial charge in [-0.15, -0.1) is 11.6 Å². The van der Waals surface area contributed by atoms with E-state index in [9.17, 15) is 9.59 Å². The highest BCUT2D eigenvalue weighted by Gasteiger charge is 1.98. The second-order valence-electron chi connectivity index (χ2n) is 3.79. The summed E-state index contributed by atoms with van der Waals surface area (Å²) in [5, 5.41) is 5.31. The molecule has 2 amide bonds. The largest absolute Gasteiger partial charge is 0.355 e. The minimum atomic E-state index is -0.240. The van der Waals surface area contributed by atoms with E-state index in [2.05, 4.69) is 22.5 Å². The van der Waals surface area contributed by atoms with Crippen LogP contribution in [0.1, 0.15) is 18.9 Å². The number of carbonyl (C=O) groups excluding carboxylic acids is 2. The summed E-state index contributed by atoms with van der Waals surface area (Å²) in [6, 6.07) is 7.16. The highest BCUT2D eigenvalue weighted by Crippen LogP contribution is 2.08. The number of hydrogen-bond acceptors (Lipinski definition) is 2. The molecule has 1 rings (SSSR count). The van der Waals surface area contributed by atoms with Crippen LogP contribution in [0.25, 0.3) is 0 Å². The molecule has 0 aromatic heterocycles. The molecule has 2 N–H and O–H groups in total. The maximum atomic E-state index is 11.1. The average Bonchev–Trinajstić information content (AvgIpc) is 2.39. The minimum Gasteiger partial charge on any atom is -0.355 e. The van der Waals surface area contributed by atoms with Gasteiger partial charge in [-0.25, -0.2) is 0 Å². The topological polar surface area (TPSA) is 58.2 Å². The summed E-state index contributed by atoms with van der Waals surface area (Å²) in [5.41, 5.74) is 1.54. The molecular formula is C14H15ClN2O2. The van der Waals surface area contributed by atoms with E-state index in [1.165, 1.54) is 6.92 Å². The van der Waals surface area contributed by atoms with Crippen molar-refractivity contribution in [1.29, 1.82) is 0 Å². The van der Waals surface area contributed by atoms with Crippen molar-refractivity contribution >= 4 is 29.1 Å². The number of carbonyl (C=O) groups is 2. The lowest BCUT2D eigenvalue weighted by atomic mass is 10.2. The average molecular weight is 279 g/mol. The van der Waals surface area contributed by atoms with Gasteiger partial charge in [-0.1, -0.05) is 11.8 Å². The summed E-state index contributed by atoms with van der Waals surface area (Å²) in [4.78, 5) is 21.7. The van der Waals surface area contributed by atoms with Gasteiger partial charge >= 0.3 is 0 Å². The van der Waals surface area contributed by atoms with Gasteiger partial charge in [-0.2, -0.15) is 0 Å². The van der Waals surface area contributed by atoms with E-state index in [1.54, 1.807) is 12.1 Å². The Morgan fingerprint density at radius 1 is 1.26 bits per heavy atom. The van der Waals surface area contributed by atoms with Gasteiger partial charge in [-0.3, -0.25) is 9.59 Å². The molecule has 0 saturated carbocycles. The SMILES string of the molecule is CC(=O)NCCC#Cc1ccc(NC(=O)CCl)cc1. The van der Waals surface area contributed by atoms with Crippen LogP contribution in [0.4, 0.5) is 5.69 Å². The van der Waals surface area contributed by atoms with Crippen molar-refractivity contribution in [3.63, 3.8) is 0 Å². The van der Waals surface area contributed by atoms with Gasteiger partial charge in [0.2, 0.25) is 11.8 Å². The van der Waals surface area contributed by atoms with E-state index in [0.29, 0.717) is 18.7 Å². The first kappa shape index (κ1) is 15.1. The monoisotopic (exact) mass is 278 g/mol. The number of halogens is 1. The van der Waals surface area contributed by atoms with E-state index >= 15 is 0 Å². The maximum absolute atomic E-state index is 11.1. The molecular weight excluding hydrogens is 264 g/mol. The molecule has 5 heteroatoms. The third-order valence-electron chi connectivity index (χ3n) is 2.15. The Morgan fingerprint density at radius 2 is 1.95 bits per heavy atom. The molecule has 0 atom stereocenters. The summed E-state index contributed by atoms with van der Waals surface area (Å²) in [5.74, 6) is 5.57. The predicted molar refractivity (Wildman–Crippen MR) is 76.0 cm³/mol. The zero-order chi connectivity index (χ0) is 14.1. The molecule has 1 aromatic rings. The lowest BCUT2D eigenvalue weighted by Crippen LogP contribution is -2.20. The van der Waals surface area contributed by atoms with Crippen LogP contribution in [-0.2, 0) is 9.59 Å². The number of benzene rings is 1. The van der Waals surface area contributed by atoms with Crippen LogP contribution in [-0.4, -0.2) is 24.2 Å². The Bertz CT molecular complexity index is 500. The van der Waals surface area contributed by atoms with Crippen molar-refractivity contribution in [2.75, 3.05) is 17.7 Å². The molecule has 0 fully saturated rings. The normalized spacial score (nSPS) is 9.16. The summed E-state index contributed by atoms with van der Waals surface area (Å²) in [6.45, 7) is 2.02. The number of alkyl halides is 1. The molecule has 0 heterocycles. The fraction of sp³-hybridized carbons (Fsp3) is 0.286. The van der Waals surface area contributed by atoms with E-state index < -0.39 is 0 Å². The van der Waals surface area contributed by atoms with E-state index in [-0.39, 0.29) is 17.7 Å². The van der Waals surface area contributed by atoms with Crippen LogP contribution < -0.4 is 10.6 Å². The maximum Gasteiger partial charge on any atom is 0.239 e. The Balaban J connectivity index is 2.46. The van der Waals surface area contributed by atoms with Crippen LogP contribution in [0.2, 0.25) is 0 Å². The first-order valence-electron chi connectivity index (χ1n) is 5.81. The van der Waals surface area contributed by atoms with E-state index in [0.717, 1.165) is 5.56 Å². The second kappa shape index (κ2) is 8.17. The highest BCUT2D eigenvalue weighted by atomic mass is 35.5. The van der Waals surface area contributed by atoms with Crippen molar-refractivity contribution in [1.82, 2.24) is 5.32 Å². The van der Waals surface area contributed by atoms with Crippen LogP contribution in [0, 0.1) is 11.8 Å². The molecule has 0 bridgehead atoms. The fourth-order valence-corrected chi connectivity index (χ4v) is 1.36. The second-order valence-corrected chi connectivity index (χ2v) is 4.06. The van der Waals surface area contributed by atoms with Gasteiger partial charge in [0.25, 0.3) is 0 Å². The van der Waals surface area contributed by atoms with Crippen LogP contribution in [0.3, 0.4) is 0 Å². The van der Waals surface area contributed by atoms with Gasteiger partial charge < -0.3 is 10.6 Å². The number of anilines is 1. The Morgan fingerprint density at radius 3 is 2.53 bits per heavy atom. The number of nitrogens with one attached hydrogen (secondary N) is 2. The van der Waals surface area contributed by atoms with Crippen molar-refractivity contribution in [3.05, 3.63) is 29.8 Å². The van der Waals surface area contributed by atoms with Gasteiger partial charge in [0.05, 0.1) is 0 Å². The number of rotatable bonds is 4. The molecule has 4 nitrogen and oxygen atoms in total.